The average Bonchev–Trinajstić information content (AvgIpc) is 3.00. The van der Waals surface area contributed by atoms with Crippen LogP contribution < -0.4 is 15.8 Å². The van der Waals surface area contributed by atoms with Gasteiger partial charge < -0.3 is 4.90 Å². The van der Waals surface area contributed by atoms with E-state index in [1.165, 1.54) is 17.5 Å². The van der Waals surface area contributed by atoms with E-state index in [0.717, 1.165) is 23.8 Å². The minimum Gasteiger partial charge on any atom is -0.357 e. The highest BCUT2D eigenvalue weighted by atomic mass is 32.1. The van der Waals surface area contributed by atoms with Gasteiger partial charge in [-0.1, -0.05) is 0 Å². The summed E-state index contributed by atoms with van der Waals surface area (Å²) in [6.45, 7) is 7.72. The van der Waals surface area contributed by atoms with E-state index in [0.29, 0.717) is 10.4 Å². The summed E-state index contributed by atoms with van der Waals surface area (Å²) >= 11 is 1.37. The van der Waals surface area contributed by atoms with Crippen LogP contribution in [0.25, 0.3) is 0 Å². The second kappa shape index (κ2) is 7.73. The van der Waals surface area contributed by atoms with Gasteiger partial charge >= 0.3 is 0 Å². The lowest BCUT2D eigenvalue weighted by Crippen LogP contribution is -2.41. The highest BCUT2D eigenvalue weighted by Gasteiger charge is 2.11. The van der Waals surface area contributed by atoms with Crippen molar-refractivity contribution in [2.75, 3.05) is 18.0 Å². The Balaban J connectivity index is 1.94. The van der Waals surface area contributed by atoms with E-state index in [4.69, 9.17) is 0 Å². The van der Waals surface area contributed by atoms with Crippen molar-refractivity contribution in [3.63, 3.8) is 0 Å². The number of rotatable bonds is 5. The van der Waals surface area contributed by atoms with Gasteiger partial charge in [-0.05, 0) is 45.0 Å². The summed E-state index contributed by atoms with van der Waals surface area (Å²) in [4.78, 5) is 31.9. The molecule has 0 saturated heterocycles. The van der Waals surface area contributed by atoms with Gasteiger partial charge in [0.05, 0.1) is 10.4 Å². The molecule has 6 nitrogen and oxygen atoms in total. The molecule has 0 aromatic carbocycles. The molecule has 0 aliphatic carbocycles. The second-order valence-electron chi connectivity index (χ2n) is 4.90. The molecule has 2 aromatic heterocycles. The maximum Gasteiger partial charge on any atom is 0.279 e. The number of hydrazine groups is 1. The third-order valence-electron chi connectivity index (χ3n) is 3.35. The normalized spacial score (nSPS) is 10.2. The van der Waals surface area contributed by atoms with Crippen LogP contribution in [0.2, 0.25) is 0 Å². The number of thiophene rings is 1. The zero-order valence-corrected chi connectivity index (χ0v) is 14.2. The molecule has 2 rings (SSSR count). The van der Waals surface area contributed by atoms with E-state index >= 15 is 0 Å². The first-order valence-corrected chi connectivity index (χ1v) is 8.25. The number of hydrogen-bond donors (Lipinski definition) is 2. The zero-order valence-electron chi connectivity index (χ0n) is 13.4. The Morgan fingerprint density at radius 1 is 1.09 bits per heavy atom. The molecule has 0 aliphatic heterocycles. The molecule has 2 heterocycles. The Hall–Kier alpha value is -2.41. The lowest BCUT2D eigenvalue weighted by atomic mass is 10.2. The SMILES string of the molecule is CCN(CC)c1ccc(C(=O)NNC(=O)c2ccc(C)s2)cn1. The van der Waals surface area contributed by atoms with Crippen molar-refractivity contribution in [3.05, 3.63) is 45.8 Å². The number of carbonyl (C=O) groups excluding carboxylic acids is 2. The monoisotopic (exact) mass is 332 g/mol. The molecule has 0 bridgehead atoms. The van der Waals surface area contributed by atoms with Gasteiger partial charge in [-0.25, -0.2) is 4.98 Å². The van der Waals surface area contributed by atoms with Crippen LogP contribution in [0.5, 0.6) is 0 Å². The van der Waals surface area contributed by atoms with Crippen LogP contribution in [0.3, 0.4) is 0 Å². The van der Waals surface area contributed by atoms with Crippen LogP contribution in [0.4, 0.5) is 5.82 Å². The molecule has 2 aromatic rings. The van der Waals surface area contributed by atoms with Crippen molar-refractivity contribution < 1.29 is 9.59 Å². The molecule has 0 unspecified atom stereocenters. The molecular weight excluding hydrogens is 312 g/mol. The van der Waals surface area contributed by atoms with Crippen LogP contribution in [0, 0.1) is 6.92 Å². The minimum absolute atomic E-state index is 0.329. The van der Waals surface area contributed by atoms with Crippen LogP contribution in [-0.4, -0.2) is 29.9 Å². The largest absolute Gasteiger partial charge is 0.357 e. The van der Waals surface area contributed by atoms with Crippen LogP contribution in [-0.2, 0) is 0 Å². The van der Waals surface area contributed by atoms with E-state index in [1.807, 2.05) is 26.8 Å². The smallest absolute Gasteiger partial charge is 0.279 e. The molecule has 0 atom stereocenters. The van der Waals surface area contributed by atoms with E-state index < -0.39 is 5.91 Å². The van der Waals surface area contributed by atoms with Gasteiger partial charge in [0.25, 0.3) is 11.8 Å². The third-order valence-corrected chi connectivity index (χ3v) is 4.35. The van der Waals surface area contributed by atoms with E-state index in [9.17, 15) is 9.59 Å². The van der Waals surface area contributed by atoms with Crippen LogP contribution in [0.15, 0.2) is 30.5 Å². The van der Waals surface area contributed by atoms with Gasteiger partial charge in [-0.2, -0.15) is 0 Å². The minimum atomic E-state index is -0.398. The Kier molecular flexibility index (Phi) is 5.70. The number of aromatic nitrogens is 1. The highest BCUT2D eigenvalue weighted by molar-refractivity contribution is 7.13. The number of nitrogens with one attached hydrogen (secondary N) is 2. The van der Waals surface area contributed by atoms with E-state index in [1.54, 1.807) is 18.2 Å². The predicted molar refractivity (Wildman–Crippen MR) is 91.8 cm³/mol. The Bertz CT molecular complexity index is 678. The summed E-state index contributed by atoms with van der Waals surface area (Å²) < 4.78 is 0. The first-order valence-electron chi connectivity index (χ1n) is 7.43. The van der Waals surface area contributed by atoms with Crippen LogP contribution >= 0.6 is 11.3 Å². The summed E-state index contributed by atoms with van der Waals surface area (Å²) in [5.41, 5.74) is 5.19. The maximum absolute atomic E-state index is 12.0. The molecule has 2 amide bonds. The number of aryl methyl sites for hydroxylation is 1. The highest BCUT2D eigenvalue weighted by Crippen LogP contribution is 2.14. The summed E-state index contributed by atoms with van der Waals surface area (Å²) in [5.74, 6) is 0.0963. The first kappa shape index (κ1) is 17.0. The molecule has 2 N–H and O–H groups in total. The molecule has 0 saturated carbocycles. The number of nitrogens with zero attached hydrogens (tertiary/aromatic N) is 2. The molecular formula is C16H20N4O2S. The molecule has 0 spiro atoms. The zero-order chi connectivity index (χ0) is 16.8. The van der Waals surface area contributed by atoms with Crippen molar-refractivity contribution in [2.45, 2.75) is 20.8 Å². The van der Waals surface area contributed by atoms with Crippen molar-refractivity contribution in [3.8, 4) is 0 Å². The molecule has 23 heavy (non-hydrogen) atoms. The van der Waals surface area contributed by atoms with Crippen LogP contribution in [0.1, 0.15) is 38.8 Å². The average molecular weight is 332 g/mol. The number of pyridine rings is 1. The molecule has 0 fully saturated rings. The standard InChI is InChI=1S/C16H20N4O2S/c1-4-20(5-2)14-9-7-12(10-17-14)15(21)18-19-16(22)13-8-6-11(3)23-13/h6-10H,4-5H2,1-3H3,(H,18,21)(H,19,22). The fraction of sp³-hybridized carbons (Fsp3) is 0.312. The van der Waals surface area contributed by atoms with Crippen molar-refractivity contribution in [1.82, 2.24) is 15.8 Å². The summed E-state index contributed by atoms with van der Waals surface area (Å²) in [6.07, 6.45) is 1.50. The first-order chi connectivity index (χ1) is 11.0. The van der Waals surface area contributed by atoms with E-state index in [-0.39, 0.29) is 5.91 Å². The quantitative estimate of drug-likeness (QED) is 0.825. The molecule has 7 heteroatoms. The van der Waals surface area contributed by atoms with Gasteiger partial charge in [-0.3, -0.25) is 20.4 Å². The number of hydrogen-bond acceptors (Lipinski definition) is 5. The Morgan fingerprint density at radius 2 is 1.78 bits per heavy atom. The van der Waals surface area contributed by atoms with Crippen molar-refractivity contribution in [1.29, 1.82) is 0 Å². The van der Waals surface area contributed by atoms with Crippen molar-refractivity contribution >= 4 is 29.0 Å². The fourth-order valence-corrected chi connectivity index (χ4v) is 2.82. The van der Waals surface area contributed by atoms with Gasteiger partial charge in [0.15, 0.2) is 0 Å². The molecule has 0 radical (unpaired) electrons. The predicted octanol–water partition coefficient (Wildman–Crippen LogP) is 2.37. The Morgan fingerprint density at radius 3 is 2.30 bits per heavy atom. The van der Waals surface area contributed by atoms with Crippen molar-refractivity contribution in [2.24, 2.45) is 0 Å². The number of carbonyl (C=O) groups is 2. The van der Waals surface area contributed by atoms with Gasteiger partial charge in [0.1, 0.15) is 5.82 Å². The summed E-state index contributed by atoms with van der Waals surface area (Å²) in [6, 6.07) is 7.07. The fourth-order valence-electron chi connectivity index (χ4n) is 2.06. The van der Waals surface area contributed by atoms with Gasteiger partial charge in [-0.15, -0.1) is 11.3 Å². The molecule has 0 aliphatic rings. The number of amides is 2. The lowest BCUT2D eigenvalue weighted by Gasteiger charge is -2.19. The summed E-state index contributed by atoms with van der Waals surface area (Å²) in [7, 11) is 0. The maximum atomic E-state index is 12.0. The summed E-state index contributed by atoms with van der Waals surface area (Å²) in [5, 5.41) is 0. The van der Waals surface area contributed by atoms with E-state index in [2.05, 4.69) is 20.7 Å². The van der Waals surface area contributed by atoms with Gasteiger partial charge in [0.2, 0.25) is 0 Å². The topological polar surface area (TPSA) is 74.3 Å². The third kappa shape index (κ3) is 4.29. The second-order valence-corrected chi connectivity index (χ2v) is 6.18. The van der Waals surface area contributed by atoms with Gasteiger partial charge in [0, 0.05) is 24.2 Å². The number of anilines is 1. The lowest BCUT2D eigenvalue weighted by molar-refractivity contribution is 0.0848. The Labute approximate surface area is 139 Å². The molecule has 122 valence electrons.